The third-order valence-electron chi connectivity index (χ3n) is 15.1. The minimum Gasteiger partial charge on any atom is -0.462 e. The average molecular weight is 1230 g/mol. The zero-order valence-electron chi connectivity index (χ0n) is 53.5. The van der Waals surface area contributed by atoms with Crippen LogP contribution in [-0.2, 0) is 65.4 Å². The summed E-state index contributed by atoms with van der Waals surface area (Å²) in [6, 6.07) is 0. The van der Waals surface area contributed by atoms with Crippen LogP contribution < -0.4 is 0 Å². The number of aliphatic hydroxyl groups is 1. The monoisotopic (exact) mass is 1230 g/mol. The molecule has 0 radical (unpaired) electrons. The van der Waals surface area contributed by atoms with E-state index in [2.05, 4.69) is 41.5 Å². The number of esters is 4. The third-order valence-corrected chi connectivity index (χ3v) is 17.0. The number of carbonyl (C=O) groups excluding carboxylic acids is 4. The molecule has 0 heterocycles. The van der Waals surface area contributed by atoms with Gasteiger partial charge in [-0.2, -0.15) is 0 Å². The van der Waals surface area contributed by atoms with Gasteiger partial charge < -0.3 is 33.8 Å². The molecule has 0 saturated carbocycles. The molecule has 0 aromatic rings. The lowest BCUT2D eigenvalue weighted by Crippen LogP contribution is -2.30. The van der Waals surface area contributed by atoms with Gasteiger partial charge >= 0.3 is 39.5 Å². The maximum Gasteiger partial charge on any atom is 0.472 e. The van der Waals surface area contributed by atoms with Crippen molar-refractivity contribution in [2.75, 3.05) is 39.6 Å². The molecule has 3 N–H and O–H groups in total. The van der Waals surface area contributed by atoms with Crippen LogP contribution in [0.4, 0.5) is 0 Å². The van der Waals surface area contributed by atoms with E-state index in [4.69, 9.17) is 37.0 Å². The topological polar surface area (TPSA) is 237 Å². The number of hydrogen-bond acceptors (Lipinski definition) is 15. The quantitative estimate of drug-likeness (QED) is 0.0222. The molecule has 6 atom stereocenters. The van der Waals surface area contributed by atoms with Crippen molar-refractivity contribution in [1.82, 2.24) is 0 Å². The summed E-state index contributed by atoms with van der Waals surface area (Å²) < 4.78 is 68.0. The van der Waals surface area contributed by atoms with Crippen molar-refractivity contribution in [3.8, 4) is 0 Å². The Labute approximate surface area is 505 Å². The summed E-state index contributed by atoms with van der Waals surface area (Å²) in [7, 11) is -9.89. The van der Waals surface area contributed by atoms with Gasteiger partial charge in [0.15, 0.2) is 12.2 Å². The van der Waals surface area contributed by atoms with E-state index in [1.54, 1.807) is 0 Å². The Morgan fingerprint density at radius 2 is 0.614 bits per heavy atom. The largest absolute Gasteiger partial charge is 0.472 e. The molecule has 83 heavy (non-hydrogen) atoms. The van der Waals surface area contributed by atoms with E-state index < -0.39 is 97.5 Å². The Hall–Kier alpha value is -1.94. The summed E-state index contributed by atoms with van der Waals surface area (Å²) in [5.41, 5.74) is 0. The second-order valence-electron chi connectivity index (χ2n) is 23.9. The molecule has 0 aliphatic rings. The molecule has 0 aliphatic heterocycles. The lowest BCUT2D eigenvalue weighted by molar-refractivity contribution is -0.161. The maximum absolute atomic E-state index is 13.0. The van der Waals surface area contributed by atoms with E-state index in [1.807, 2.05) is 0 Å². The van der Waals surface area contributed by atoms with Gasteiger partial charge in [-0.1, -0.05) is 266 Å². The molecule has 0 amide bonds. The average Bonchev–Trinajstić information content (AvgIpc) is 3.46. The summed E-state index contributed by atoms with van der Waals surface area (Å²) >= 11 is 0. The molecular weight excluding hydrogens is 1100 g/mol. The Morgan fingerprint density at radius 1 is 0.349 bits per heavy atom. The molecule has 0 rings (SSSR count). The predicted octanol–water partition coefficient (Wildman–Crippen LogP) is 17.7. The molecule has 0 aromatic carbocycles. The highest BCUT2D eigenvalue weighted by atomic mass is 31.2. The number of rotatable bonds is 63. The van der Waals surface area contributed by atoms with Crippen molar-refractivity contribution in [2.45, 2.75) is 336 Å². The Morgan fingerprint density at radius 3 is 0.916 bits per heavy atom. The molecule has 0 bridgehead atoms. The first-order valence-electron chi connectivity index (χ1n) is 33.5. The second kappa shape index (κ2) is 56.6. The Bertz CT molecular complexity index is 1630. The van der Waals surface area contributed by atoms with Gasteiger partial charge in [0.2, 0.25) is 0 Å². The zero-order valence-corrected chi connectivity index (χ0v) is 55.3. The van der Waals surface area contributed by atoms with Crippen molar-refractivity contribution in [3.63, 3.8) is 0 Å². The van der Waals surface area contributed by atoms with Crippen LogP contribution in [0, 0.1) is 11.8 Å². The lowest BCUT2D eigenvalue weighted by atomic mass is 9.99. The first-order chi connectivity index (χ1) is 39.9. The number of carbonyl (C=O) groups is 4. The fourth-order valence-electron chi connectivity index (χ4n) is 9.50. The number of unbranched alkanes of at least 4 members (excludes halogenated alkanes) is 32. The summed E-state index contributed by atoms with van der Waals surface area (Å²) in [4.78, 5) is 72.2. The maximum atomic E-state index is 13.0. The van der Waals surface area contributed by atoms with Crippen molar-refractivity contribution in [2.24, 2.45) is 11.8 Å². The van der Waals surface area contributed by atoms with Crippen LogP contribution >= 0.6 is 15.6 Å². The van der Waals surface area contributed by atoms with E-state index in [9.17, 15) is 43.2 Å². The van der Waals surface area contributed by atoms with Crippen LogP contribution in [0.15, 0.2) is 0 Å². The van der Waals surface area contributed by atoms with Crippen LogP contribution in [0.1, 0.15) is 318 Å². The van der Waals surface area contributed by atoms with E-state index >= 15 is 0 Å². The van der Waals surface area contributed by atoms with Crippen molar-refractivity contribution in [1.29, 1.82) is 0 Å². The molecule has 17 nitrogen and oxygen atoms in total. The molecule has 0 fully saturated rings. The molecule has 492 valence electrons. The van der Waals surface area contributed by atoms with Crippen molar-refractivity contribution >= 4 is 39.5 Å². The van der Waals surface area contributed by atoms with Crippen LogP contribution in [0.5, 0.6) is 0 Å². The summed E-state index contributed by atoms with van der Waals surface area (Å²) in [6.45, 7) is 9.42. The number of hydrogen-bond donors (Lipinski definition) is 3. The van der Waals surface area contributed by atoms with Crippen molar-refractivity contribution in [3.05, 3.63) is 0 Å². The molecule has 3 unspecified atom stereocenters. The molecule has 0 aromatic heterocycles. The van der Waals surface area contributed by atoms with Gasteiger partial charge in [0, 0.05) is 25.7 Å². The Kier molecular flexibility index (Phi) is 55.2. The molecular formula is C64H124O17P2. The molecule has 0 spiro atoms. The summed E-state index contributed by atoms with van der Waals surface area (Å²) in [5.74, 6) is -0.670. The van der Waals surface area contributed by atoms with Crippen molar-refractivity contribution < 1.29 is 80.2 Å². The summed E-state index contributed by atoms with van der Waals surface area (Å²) in [5, 5.41) is 10.5. The standard InChI is InChI=1S/C64H124O17P2/c1-7-10-12-14-16-18-20-22-29-35-41-47-62(67)75-52-59(80-63(68)48-42-36-30-24-23-27-33-39-45-57(6)9-3)54-78-82(70,71)76-50-58(65)51-77-83(72,73)79-55-60(81-64(69)49-43-37-31-25-26-32-38-44-56(4)5)53-74-61(66)46-40-34-28-21-19-17-15-13-11-8-2/h56-60,65H,7-55H2,1-6H3,(H,70,71)(H,72,73)/t57?,58-,59-,60-/m1/s1. The smallest absolute Gasteiger partial charge is 0.462 e. The highest BCUT2D eigenvalue weighted by Crippen LogP contribution is 2.45. The van der Waals surface area contributed by atoms with Gasteiger partial charge in [-0.25, -0.2) is 9.13 Å². The van der Waals surface area contributed by atoms with Gasteiger partial charge in [-0.15, -0.1) is 0 Å². The number of aliphatic hydroxyl groups excluding tert-OH is 1. The zero-order chi connectivity index (χ0) is 61.5. The van der Waals surface area contributed by atoms with E-state index in [-0.39, 0.29) is 25.7 Å². The van der Waals surface area contributed by atoms with E-state index in [0.29, 0.717) is 31.6 Å². The number of phosphoric ester groups is 2. The van der Waals surface area contributed by atoms with Crippen LogP contribution in [0.2, 0.25) is 0 Å². The van der Waals surface area contributed by atoms with Gasteiger partial charge in [-0.3, -0.25) is 37.3 Å². The fourth-order valence-corrected chi connectivity index (χ4v) is 11.1. The Balaban J connectivity index is 5.25. The van der Waals surface area contributed by atoms with Crippen LogP contribution in [-0.4, -0.2) is 96.7 Å². The second-order valence-corrected chi connectivity index (χ2v) is 26.8. The molecule has 0 saturated heterocycles. The van der Waals surface area contributed by atoms with E-state index in [0.717, 1.165) is 95.8 Å². The number of phosphoric acid groups is 2. The third kappa shape index (κ3) is 57.6. The first kappa shape index (κ1) is 81.1. The highest BCUT2D eigenvalue weighted by molar-refractivity contribution is 7.47. The number of ether oxygens (including phenoxy) is 4. The minimum atomic E-state index is -4.94. The SMILES string of the molecule is CCCCCCCCCCCCCC(=O)OC[C@H](COP(=O)(O)OC[C@@H](O)COP(=O)(O)OC[C@@H](COC(=O)CCCCCCCCCCCC)OC(=O)CCCCCCCCCC(C)C)OC(=O)CCCCCCCCCCC(C)CC. The summed E-state index contributed by atoms with van der Waals surface area (Å²) in [6.07, 6.45) is 38.9. The highest BCUT2D eigenvalue weighted by Gasteiger charge is 2.30. The molecule has 19 heteroatoms. The van der Waals surface area contributed by atoms with E-state index in [1.165, 1.54) is 135 Å². The molecule has 0 aliphatic carbocycles. The fraction of sp³-hybridized carbons (Fsp3) is 0.938. The van der Waals surface area contributed by atoms with Crippen LogP contribution in [0.25, 0.3) is 0 Å². The van der Waals surface area contributed by atoms with Gasteiger partial charge in [0.25, 0.3) is 0 Å². The van der Waals surface area contributed by atoms with Crippen LogP contribution in [0.3, 0.4) is 0 Å². The normalized spacial score (nSPS) is 14.6. The predicted molar refractivity (Wildman–Crippen MR) is 331 cm³/mol. The van der Waals surface area contributed by atoms with Gasteiger partial charge in [0.05, 0.1) is 26.4 Å². The first-order valence-corrected chi connectivity index (χ1v) is 36.5. The minimum absolute atomic E-state index is 0.103. The lowest BCUT2D eigenvalue weighted by Gasteiger charge is -2.21. The van der Waals surface area contributed by atoms with Gasteiger partial charge in [-0.05, 0) is 37.5 Å². The van der Waals surface area contributed by atoms with Gasteiger partial charge in [0.1, 0.15) is 19.3 Å².